The molecule has 0 aromatic carbocycles. The molecule has 0 rings (SSSR count). The second kappa shape index (κ2) is 8.84. The Morgan fingerprint density at radius 2 is 1.43 bits per heavy atom. The van der Waals surface area contributed by atoms with Crippen molar-refractivity contribution >= 4 is 23.9 Å². The zero-order valence-corrected chi connectivity index (χ0v) is 10.7. The molecule has 21 heavy (non-hydrogen) atoms. The van der Waals surface area contributed by atoms with Gasteiger partial charge in [0, 0.05) is 6.54 Å². The molecule has 2 unspecified atom stereocenters. The topological polar surface area (TPSA) is 182 Å². The fourth-order valence-corrected chi connectivity index (χ4v) is 1.35. The maximum atomic E-state index is 11.0. The van der Waals surface area contributed by atoms with Crippen LogP contribution in [-0.2, 0) is 24.0 Å². The minimum Gasteiger partial charge on any atom is -0.481 e. The highest BCUT2D eigenvalue weighted by Crippen LogP contribution is 2.11. The molecule has 5 N–H and O–H groups in total. The quantitative estimate of drug-likeness (QED) is 0.268. The fraction of sp³-hybridized carbons (Fsp3) is 0.600. The zero-order valence-electron chi connectivity index (χ0n) is 10.7. The summed E-state index contributed by atoms with van der Waals surface area (Å²) in [6, 6.07) is -1.77. The Bertz CT molecular complexity index is 409. The van der Waals surface area contributed by atoms with E-state index in [2.05, 4.69) is 0 Å². The van der Waals surface area contributed by atoms with Crippen molar-refractivity contribution in [2.45, 2.75) is 25.0 Å². The molecule has 11 heteroatoms. The minimum absolute atomic E-state index is 0.443. The van der Waals surface area contributed by atoms with Crippen LogP contribution in [0.3, 0.4) is 0 Å². The van der Waals surface area contributed by atoms with Gasteiger partial charge in [0.1, 0.15) is 6.04 Å². The van der Waals surface area contributed by atoms with E-state index in [1.807, 2.05) is 0 Å². The van der Waals surface area contributed by atoms with Crippen LogP contribution in [0, 0.1) is 0 Å². The third-order valence-electron chi connectivity index (χ3n) is 2.22. The zero-order chi connectivity index (χ0) is 16.6. The van der Waals surface area contributed by atoms with E-state index in [1.165, 1.54) is 0 Å². The molecule has 0 aliphatic heterocycles. The van der Waals surface area contributed by atoms with Crippen LogP contribution in [0.2, 0.25) is 0 Å². The SMILES string of the molecule is O=C(O)CC(ON(CCO)C(CC(=O)O)C(=O)O)C(=O)O. The van der Waals surface area contributed by atoms with E-state index in [-0.39, 0.29) is 0 Å². The van der Waals surface area contributed by atoms with Crippen LogP contribution in [0.1, 0.15) is 12.8 Å². The highest BCUT2D eigenvalue weighted by Gasteiger charge is 2.33. The number of nitrogens with zero attached hydrogens (tertiary/aromatic N) is 1. The van der Waals surface area contributed by atoms with Gasteiger partial charge in [-0.1, -0.05) is 0 Å². The summed E-state index contributed by atoms with van der Waals surface area (Å²) in [5.74, 6) is -6.28. The molecule has 0 saturated carbocycles. The number of carboxylic acids is 4. The van der Waals surface area contributed by atoms with Gasteiger partial charge in [-0.25, -0.2) is 4.79 Å². The van der Waals surface area contributed by atoms with Crippen molar-refractivity contribution in [3.63, 3.8) is 0 Å². The molecule has 0 aliphatic rings. The van der Waals surface area contributed by atoms with E-state index < -0.39 is 62.0 Å². The predicted octanol–water partition coefficient (Wildman–Crippen LogP) is -1.93. The monoisotopic (exact) mass is 309 g/mol. The molecule has 0 fully saturated rings. The normalized spacial score (nSPS) is 13.6. The smallest absolute Gasteiger partial charge is 0.335 e. The molecule has 11 nitrogen and oxygen atoms in total. The molecule has 120 valence electrons. The molecule has 0 amide bonds. The van der Waals surface area contributed by atoms with Gasteiger partial charge in [-0.2, -0.15) is 5.06 Å². The lowest BCUT2D eigenvalue weighted by Crippen LogP contribution is -2.47. The van der Waals surface area contributed by atoms with Gasteiger partial charge < -0.3 is 25.5 Å². The number of hydrogen-bond acceptors (Lipinski definition) is 7. The molecule has 0 spiro atoms. The van der Waals surface area contributed by atoms with Crippen LogP contribution in [0.25, 0.3) is 0 Å². The van der Waals surface area contributed by atoms with E-state index in [4.69, 9.17) is 30.4 Å². The standard InChI is InChI=1S/C10H15NO10/c12-2-1-11(5(9(17)18)3-7(13)14)21-6(10(19)20)4-8(15)16/h5-6,12H,1-4H2,(H,13,14)(H,15,16)(H,17,18)(H,19,20). The Hall–Kier alpha value is -2.24. The molecule has 0 aromatic heterocycles. The minimum atomic E-state index is -1.91. The third-order valence-corrected chi connectivity index (χ3v) is 2.22. The second-order valence-electron chi connectivity index (χ2n) is 3.85. The Labute approximate surface area is 117 Å². The van der Waals surface area contributed by atoms with Gasteiger partial charge in [0.25, 0.3) is 0 Å². The summed E-state index contributed by atoms with van der Waals surface area (Å²) in [4.78, 5) is 47.7. The van der Waals surface area contributed by atoms with Crippen LogP contribution in [0.4, 0.5) is 0 Å². The van der Waals surface area contributed by atoms with Crippen LogP contribution < -0.4 is 0 Å². The Morgan fingerprint density at radius 3 is 1.76 bits per heavy atom. The van der Waals surface area contributed by atoms with Crippen molar-refractivity contribution in [3.8, 4) is 0 Å². The van der Waals surface area contributed by atoms with E-state index in [0.29, 0.717) is 5.06 Å². The first-order valence-corrected chi connectivity index (χ1v) is 5.62. The number of carbonyl (C=O) groups is 4. The fourth-order valence-electron chi connectivity index (χ4n) is 1.35. The lowest BCUT2D eigenvalue weighted by Gasteiger charge is -2.28. The first kappa shape index (κ1) is 18.8. The average Bonchev–Trinajstić information content (AvgIpc) is 2.33. The number of rotatable bonds is 11. The molecule has 0 heterocycles. The highest BCUT2D eigenvalue weighted by atomic mass is 16.7. The summed E-state index contributed by atoms with van der Waals surface area (Å²) in [5.41, 5.74) is 0. The number of hydrogen-bond donors (Lipinski definition) is 5. The Morgan fingerprint density at radius 1 is 0.905 bits per heavy atom. The summed E-state index contributed by atoms with van der Waals surface area (Å²) in [6.07, 6.45) is -3.80. The number of aliphatic carboxylic acids is 4. The number of carboxylic acid groups (broad SMARTS) is 4. The summed E-state index contributed by atoms with van der Waals surface area (Å²) < 4.78 is 0. The Kier molecular flexibility index (Phi) is 7.89. The third kappa shape index (κ3) is 7.20. The lowest BCUT2D eigenvalue weighted by molar-refractivity contribution is -0.236. The summed E-state index contributed by atoms with van der Waals surface area (Å²) >= 11 is 0. The van der Waals surface area contributed by atoms with E-state index in [0.717, 1.165) is 0 Å². The molecule has 0 aliphatic carbocycles. The van der Waals surface area contributed by atoms with Crippen LogP contribution in [0.15, 0.2) is 0 Å². The van der Waals surface area contributed by atoms with E-state index >= 15 is 0 Å². The van der Waals surface area contributed by atoms with Crippen molar-refractivity contribution < 1.29 is 49.5 Å². The largest absolute Gasteiger partial charge is 0.481 e. The van der Waals surface area contributed by atoms with Crippen LogP contribution in [0.5, 0.6) is 0 Å². The van der Waals surface area contributed by atoms with Gasteiger partial charge in [-0.05, 0) is 0 Å². The molecule has 0 saturated heterocycles. The van der Waals surface area contributed by atoms with Crippen molar-refractivity contribution in [2.75, 3.05) is 13.2 Å². The molecule has 0 aromatic rings. The summed E-state index contributed by atoms with van der Waals surface area (Å²) in [6.45, 7) is -1.16. The van der Waals surface area contributed by atoms with Crippen molar-refractivity contribution in [1.82, 2.24) is 5.06 Å². The molecule has 0 radical (unpaired) electrons. The highest BCUT2D eigenvalue weighted by molar-refractivity contribution is 5.81. The van der Waals surface area contributed by atoms with Crippen molar-refractivity contribution in [3.05, 3.63) is 0 Å². The summed E-state index contributed by atoms with van der Waals surface area (Å²) in [7, 11) is 0. The predicted molar refractivity (Wildman–Crippen MR) is 62.2 cm³/mol. The van der Waals surface area contributed by atoms with Crippen molar-refractivity contribution in [1.29, 1.82) is 0 Å². The van der Waals surface area contributed by atoms with Crippen molar-refractivity contribution in [2.24, 2.45) is 0 Å². The van der Waals surface area contributed by atoms with Gasteiger partial charge in [0.05, 0.1) is 19.4 Å². The Balaban J connectivity index is 5.14. The molecule has 2 atom stereocenters. The maximum Gasteiger partial charge on any atom is 0.335 e. The average molecular weight is 309 g/mol. The van der Waals surface area contributed by atoms with E-state index in [1.54, 1.807) is 0 Å². The van der Waals surface area contributed by atoms with Gasteiger partial charge >= 0.3 is 23.9 Å². The first-order valence-electron chi connectivity index (χ1n) is 5.62. The van der Waals surface area contributed by atoms with Gasteiger partial charge in [0.15, 0.2) is 6.10 Å². The first-order chi connectivity index (χ1) is 9.68. The summed E-state index contributed by atoms with van der Waals surface area (Å²) in [5, 5.41) is 44.1. The van der Waals surface area contributed by atoms with Gasteiger partial charge in [-0.15, -0.1) is 0 Å². The van der Waals surface area contributed by atoms with Crippen LogP contribution >= 0.6 is 0 Å². The van der Waals surface area contributed by atoms with Crippen LogP contribution in [-0.4, -0.2) is 79.8 Å². The van der Waals surface area contributed by atoms with Gasteiger partial charge in [-0.3, -0.25) is 19.2 Å². The number of hydroxylamine groups is 2. The van der Waals surface area contributed by atoms with E-state index in [9.17, 15) is 19.2 Å². The maximum absolute atomic E-state index is 11.0. The second-order valence-corrected chi connectivity index (χ2v) is 3.85. The number of aliphatic hydroxyl groups is 1. The lowest BCUT2D eigenvalue weighted by atomic mass is 10.2. The molecule has 0 bridgehead atoms. The number of aliphatic hydroxyl groups excluding tert-OH is 1. The molecular weight excluding hydrogens is 294 g/mol. The van der Waals surface area contributed by atoms with Gasteiger partial charge in [0.2, 0.25) is 0 Å². The molecular formula is C10H15NO10.